The molecule has 17 heavy (non-hydrogen) atoms. The molecule has 1 N–H and O–H groups in total. The third-order valence-corrected chi connectivity index (χ3v) is 2.29. The highest BCUT2D eigenvalue weighted by Gasteiger charge is 2.03. The fourth-order valence-electron chi connectivity index (χ4n) is 1.31. The second kappa shape index (κ2) is 8.70. The summed E-state index contributed by atoms with van der Waals surface area (Å²) in [6.45, 7) is 4.27. The molecule has 1 aromatic rings. The van der Waals surface area contributed by atoms with E-state index in [1.165, 1.54) is 0 Å². The number of hydrogen-bond donors (Lipinski definition) is 1. The third-order valence-electron chi connectivity index (χ3n) is 2.29. The lowest BCUT2D eigenvalue weighted by atomic mass is 10.3. The van der Waals surface area contributed by atoms with Gasteiger partial charge in [-0.15, -0.1) is 0 Å². The minimum absolute atomic E-state index is 0.126. The third kappa shape index (κ3) is 6.02. The van der Waals surface area contributed by atoms with Gasteiger partial charge in [0.15, 0.2) is 0 Å². The number of amides is 1. The lowest BCUT2D eigenvalue weighted by Crippen LogP contribution is -2.26. The Balaban J connectivity index is 2.05. The van der Waals surface area contributed by atoms with Gasteiger partial charge >= 0.3 is 0 Å². The van der Waals surface area contributed by atoms with Crippen LogP contribution >= 0.6 is 0 Å². The van der Waals surface area contributed by atoms with Crippen LogP contribution in [0.4, 0.5) is 0 Å². The van der Waals surface area contributed by atoms with E-state index in [0.29, 0.717) is 18.8 Å². The topological polar surface area (TPSA) is 51.2 Å². The van der Waals surface area contributed by atoms with Gasteiger partial charge in [-0.05, 0) is 25.0 Å². The van der Waals surface area contributed by atoms with Crippen molar-refractivity contribution in [2.24, 2.45) is 0 Å². The lowest BCUT2D eigenvalue weighted by Gasteiger charge is -2.05. The zero-order valence-electron chi connectivity index (χ0n) is 10.3. The second-order valence-electron chi connectivity index (χ2n) is 3.79. The average molecular weight is 236 g/mol. The van der Waals surface area contributed by atoms with Gasteiger partial charge < -0.3 is 10.1 Å². The number of carbonyl (C=O) groups is 1. The highest BCUT2D eigenvalue weighted by Crippen LogP contribution is 1.93. The molecule has 0 aliphatic rings. The van der Waals surface area contributed by atoms with Crippen LogP contribution in [0.2, 0.25) is 0 Å². The number of carbonyl (C=O) groups excluding carboxylic acids is 1. The zero-order chi connectivity index (χ0) is 12.3. The molecule has 1 amide bonds. The maximum absolute atomic E-state index is 11.6. The van der Waals surface area contributed by atoms with Crippen LogP contribution in [-0.4, -0.2) is 30.6 Å². The van der Waals surface area contributed by atoms with Crippen molar-refractivity contribution in [3.63, 3.8) is 0 Å². The van der Waals surface area contributed by atoms with Crippen LogP contribution in [-0.2, 0) is 4.74 Å². The number of rotatable bonds is 8. The van der Waals surface area contributed by atoms with Gasteiger partial charge in [0, 0.05) is 26.0 Å². The van der Waals surface area contributed by atoms with E-state index < -0.39 is 0 Å². The van der Waals surface area contributed by atoms with Crippen molar-refractivity contribution >= 4 is 5.91 Å². The molecule has 0 aliphatic carbocycles. The number of ether oxygens (including phenoxy) is 1. The van der Waals surface area contributed by atoms with Gasteiger partial charge in [-0.1, -0.05) is 19.4 Å². The number of unbranched alkanes of at least 4 members (excludes halogenated alkanes) is 1. The Labute approximate surface area is 102 Å². The summed E-state index contributed by atoms with van der Waals surface area (Å²) in [5.74, 6) is -0.126. The lowest BCUT2D eigenvalue weighted by molar-refractivity contribution is 0.0935. The van der Waals surface area contributed by atoms with E-state index in [9.17, 15) is 4.79 Å². The van der Waals surface area contributed by atoms with Crippen molar-refractivity contribution in [1.82, 2.24) is 10.3 Å². The predicted molar refractivity (Wildman–Crippen MR) is 66.9 cm³/mol. The van der Waals surface area contributed by atoms with Crippen molar-refractivity contribution in [3.05, 3.63) is 30.1 Å². The van der Waals surface area contributed by atoms with Crippen molar-refractivity contribution in [1.29, 1.82) is 0 Å². The van der Waals surface area contributed by atoms with Crippen molar-refractivity contribution in [3.8, 4) is 0 Å². The summed E-state index contributed by atoms with van der Waals surface area (Å²) in [4.78, 5) is 15.5. The molecule has 1 aromatic heterocycles. The highest BCUT2D eigenvalue weighted by molar-refractivity contribution is 5.92. The minimum atomic E-state index is -0.126. The Bertz CT molecular complexity index is 314. The molecule has 0 spiro atoms. The molecule has 1 heterocycles. The molecule has 0 aliphatic heterocycles. The first kappa shape index (κ1) is 13.6. The highest BCUT2D eigenvalue weighted by atomic mass is 16.5. The smallest absolute Gasteiger partial charge is 0.269 e. The molecule has 0 aromatic carbocycles. The molecule has 1 rings (SSSR count). The Morgan fingerprint density at radius 3 is 2.88 bits per heavy atom. The largest absolute Gasteiger partial charge is 0.381 e. The number of nitrogens with one attached hydrogen (secondary N) is 1. The molecule has 0 bridgehead atoms. The molecule has 0 radical (unpaired) electrons. The SMILES string of the molecule is CCCCOCCCNC(=O)c1ccccn1. The van der Waals surface area contributed by atoms with Crippen LogP contribution in [0.5, 0.6) is 0 Å². The van der Waals surface area contributed by atoms with Crippen LogP contribution in [0.15, 0.2) is 24.4 Å². The Kier molecular flexibility index (Phi) is 6.98. The molecule has 94 valence electrons. The minimum Gasteiger partial charge on any atom is -0.381 e. The Morgan fingerprint density at radius 2 is 2.18 bits per heavy atom. The molecular formula is C13H20N2O2. The van der Waals surface area contributed by atoms with Gasteiger partial charge in [-0.25, -0.2) is 0 Å². The fourth-order valence-corrected chi connectivity index (χ4v) is 1.31. The summed E-state index contributed by atoms with van der Waals surface area (Å²) in [7, 11) is 0. The predicted octanol–water partition coefficient (Wildman–Crippen LogP) is 2.02. The standard InChI is InChI=1S/C13H20N2O2/c1-2-3-10-17-11-6-9-15-13(16)12-7-4-5-8-14-12/h4-5,7-8H,2-3,6,9-11H2,1H3,(H,15,16). The summed E-state index contributed by atoms with van der Waals surface area (Å²) >= 11 is 0. The van der Waals surface area contributed by atoms with E-state index in [-0.39, 0.29) is 5.91 Å². The summed E-state index contributed by atoms with van der Waals surface area (Å²) < 4.78 is 5.39. The summed E-state index contributed by atoms with van der Waals surface area (Å²) in [6, 6.07) is 5.29. The zero-order valence-corrected chi connectivity index (χ0v) is 10.3. The molecule has 4 nitrogen and oxygen atoms in total. The van der Waals surface area contributed by atoms with Gasteiger partial charge in [0.05, 0.1) is 0 Å². The van der Waals surface area contributed by atoms with E-state index >= 15 is 0 Å². The number of aromatic nitrogens is 1. The fraction of sp³-hybridized carbons (Fsp3) is 0.538. The van der Waals surface area contributed by atoms with Crippen molar-refractivity contribution in [2.75, 3.05) is 19.8 Å². The summed E-state index contributed by atoms with van der Waals surface area (Å²) in [6.07, 6.45) is 4.70. The van der Waals surface area contributed by atoms with E-state index in [4.69, 9.17) is 4.74 Å². The molecular weight excluding hydrogens is 216 g/mol. The quantitative estimate of drug-likeness (QED) is 0.702. The number of nitrogens with zero attached hydrogens (tertiary/aromatic N) is 1. The first-order valence-corrected chi connectivity index (χ1v) is 6.11. The number of pyridine rings is 1. The van der Waals surface area contributed by atoms with Gasteiger partial charge in [0.25, 0.3) is 5.91 Å². The molecule has 0 saturated carbocycles. The average Bonchev–Trinajstić information content (AvgIpc) is 2.38. The summed E-state index contributed by atoms with van der Waals surface area (Å²) in [5.41, 5.74) is 0.458. The summed E-state index contributed by atoms with van der Waals surface area (Å²) in [5, 5.41) is 2.81. The van der Waals surface area contributed by atoms with Crippen molar-refractivity contribution < 1.29 is 9.53 Å². The van der Waals surface area contributed by atoms with Crippen LogP contribution < -0.4 is 5.32 Å². The van der Waals surface area contributed by atoms with Crippen LogP contribution in [0.1, 0.15) is 36.7 Å². The van der Waals surface area contributed by atoms with Gasteiger partial charge in [-0.3, -0.25) is 9.78 Å². The van der Waals surface area contributed by atoms with E-state index in [2.05, 4.69) is 17.2 Å². The van der Waals surface area contributed by atoms with Crippen LogP contribution in [0.3, 0.4) is 0 Å². The van der Waals surface area contributed by atoms with Gasteiger partial charge in [0.1, 0.15) is 5.69 Å². The van der Waals surface area contributed by atoms with E-state index in [1.807, 2.05) is 0 Å². The van der Waals surface area contributed by atoms with Crippen molar-refractivity contribution in [2.45, 2.75) is 26.2 Å². The molecule has 0 saturated heterocycles. The molecule has 0 unspecified atom stereocenters. The maximum Gasteiger partial charge on any atom is 0.269 e. The first-order chi connectivity index (χ1) is 8.34. The maximum atomic E-state index is 11.6. The van der Waals surface area contributed by atoms with E-state index in [0.717, 1.165) is 25.9 Å². The van der Waals surface area contributed by atoms with Gasteiger partial charge in [0.2, 0.25) is 0 Å². The first-order valence-electron chi connectivity index (χ1n) is 6.11. The van der Waals surface area contributed by atoms with Crippen LogP contribution in [0, 0.1) is 0 Å². The van der Waals surface area contributed by atoms with Crippen LogP contribution in [0.25, 0.3) is 0 Å². The number of hydrogen-bond acceptors (Lipinski definition) is 3. The molecule has 4 heteroatoms. The second-order valence-corrected chi connectivity index (χ2v) is 3.79. The van der Waals surface area contributed by atoms with Gasteiger partial charge in [-0.2, -0.15) is 0 Å². The molecule has 0 fully saturated rings. The normalized spacial score (nSPS) is 10.2. The Hall–Kier alpha value is -1.42. The monoisotopic (exact) mass is 236 g/mol. The van der Waals surface area contributed by atoms with E-state index in [1.54, 1.807) is 24.4 Å². The molecule has 0 atom stereocenters. The Morgan fingerprint density at radius 1 is 1.35 bits per heavy atom.